The van der Waals surface area contributed by atoms with Crippen LogP contribution in [0.15, 0.2) is 18.2 Å². The Morgan fingerprint density at radius 1 is 1.29 bits per heavy atom. The first kappa shape index (κ1) is 14.3. The third kappa shape index (κ3) is 4.94. The SMILES string of the molecule is CC(C)(C)OCC(=O)Nc1c(Cl)cccc1Cl. The Kier molecular flexibility index (Phi) is 4.80. The summed E-state index contributed by atoms with van der Waals surface area (Å²) in [6.45, 7) is 5.60. The first-order valence-corrected chi connectivity index (χ1v) is 5.93. The molecule has 0 aliphatic heterocycles. The minimum atomic E-state index is -0.360. The number of carbonyl (C=O) groups is 1. The Bertz CT molecular complexity index is 393. The Hall–Kier alpha value is -0.770. The number of nitrogens with one attached hydrogen (secondary N) is 1. The number of ether oxygens (including phenoxy) is 1. The topological polar surface area (TPSA) is 38.3 Å². The van der Waals surface area contributed by atoms with Crippen LogP contribution in [0.3, 0.4) is 0 Å². The summed E-state index contributed by atoms with van der Waals surface area (Å²) in [6.07, 6.45) is 0. The molecule has 5 heteroatoms. The van der Waals surface area contributed by atoms with Gasteiger partial charge in [-0.1, -0.05) is 29.3 Å². The molecule has 0 radical (unpaired) electrons. The van der Waals surface area contributed by atoms with Gasteiger partial charge in [0, 0.05) is 0 Å². The molecule has 1 aromatic rings. The molecule has 0 saturated carbocycles. The number of halogens is 2. The molecular weight excluding hydrogens is 261 g/mol. The quantitative estimate of drug-likeness (QED) is 0.913. The van der Waals surface area contributed by atoms with E-state index >= 15 is 0 Å². The van der Waals surface area contributed by atoms with E-state index in [1.54, 1.807) is 18.2 Å². The summed E-state index contributed by atoms with van der Waals surface area (Å²) in [6, 6.07) is 5.04. The van der Waals surface area contributed by atoms with Crippen molar-refractivity contribution < 1.29 is 9.53 Å². The lowest BCUT2D eigenvalue weighted by Crippen LogP contribution is -2.27. The zero-order chi connectivity index (χ0) is 13.1. The zero-order valence-electron chi connectivity index (χ0n) is 10.0. The van der Waals surface area contributed by atoms with E-state index in [0.717, 1.165) is 0 Å². The van der Waals surface area contributed by atoms with Crippen molar-refractivity contribution in [3.8, 4) is 0 Å². The third-order valence-corrected chi connectivity index (χ3v) is 2.49. The van der Waals surface area contributed by atoms with Gasteiger partial charge in [0.2, 0.25) is 5.91 Å². The number of hydrogen-bond acceptors (Lipinski definition) is 2. The highest BCUT2D eigenvalue weighted by molar-refractivity contribution is 6.39. The lowest BCUT2D eigenvalue weighted by atomic mass is 10.2. The largest absolute Gasteiger partial charge is 0.366 e. The zero-order valence-corrected chi connectivity index (χ0v) is 11.5. The molecule has 0 unspecified atom stereocenters. The standard InChI is InChI=1S/C12H15Cl2NO2/c1-12(2,3)17-7-10(16)15-11-8(13)5-4-6-9(11)14/h4-6H,7H2,1-3H3,(H,15,16). The van der Waals surface area contributed by atoms with Gasteiger partial charge in [-0.15, -0.1) is 0 Å². The molecule has 0 saturated heterocycles. The molecule has 3 nitrogen and oxygen atoms in total. The molecule has 17 heavy (non-hydrogen) atoms. The molecule has 0 spiro atoms. The van der Waals surface area contributed by atoms with Crippen molar-refractivity contribution in [2.75, 3.05) is 11.9 Å². The Labute approximate surface area is 111 Å². The molecule has 0 aromatic heterocycles. The minimum absolute atomic E-state index is 0.0367. The van der Waals surface area contributed by atoms with Crippen LogP contribution in [0.1, 0.15) is 20.8 Å². The van der Waals surface area contributed by atoms with Gasteiger partial charge in [0.25, 0.3) is 0 Å². The lowest BCUT2D eigenvalue weighted by molar-refractivity contribution is -0.125. The van der Waals surface area contributed by atoms with E-state index in [4.69, 9.17) is 27.9 Å². The molecule has 0 bridgehead atoms. The van der Waals surface area contributed by atoms with Crippen molar-refractivity contribution >= 4 is 34.8 Å². The summed E-state index contributed by atoms with van der Waals surface area (Å²) in [4.78, 5) is 11.6. The Balaban J connectivity index is 2.63. The van der Waals surface area contributed by atoms with Crippen LogP contribution >= 0.6 is 23.2 Å². The molecule has 1 aromatic carbocycles. The average molecular weight is 276 g/mol. The fraction of sp³-hybridized carbons (Fsp3) is 0.417. The monoisotopic (exact) mass is 275 g/mol. The van der Waals surface area contributed by atoms with Crippen LogP contribution in [-0.4, -0.2) is 18.1 Å². The average Bonchev–Trinajstić information content (AvgIpc) is 2.20. The molecule has 1 amide bonds. The van der Waals surface area contributed by atoms with E-state index in [2.05, 4.69) is 5.32 Å². The van der Waals surface area contributed by atoms with Gasteiger partial charge in [0.15, 0.2) is 0 Å². The van der Waals surface area contributed by atoms with Gasteiger partial charge < -0.3 is 10.1 Å². The van der Waals surface area contributed by atoms with E-state index in [9.17, 15) is 4.79 Å². The molecule has 0 aliphatic rings. The van der Waals surface area contributed by atoms with Crippen LogP contribution in [-0.2, 0) is 9.53 Å². The predicted molar refractivity (Wildman–Crippen MR) is 70.8 cm³/mol. The summed E-state index contributed by atoms with van der Waals surface area (Å²) < 4.78 is 5.34. The highest BCUT2D eigenvalue weighted by atomic mass is 35.5. The summed E-state index contributed by atoms with van der Waals surface area (Å²) in [5.41, 5.74) is 0.0556. The highest BCUT2D eigenvalue weighted by Crippen LogP contribution is 2.29. The first-order chi connectivity index (χ1) is 7.79. The van der Waals surface area contributed by atoms with Gasteiger partial charge >= 0.3 is 0 Å². The summed E-state index contributed by atoms with van der Waals surface area (Å²) in [5, 5.41) is 3.43. The van der Waals surface area contributed by atoms with Gasteiger partial charge in [-0.25, -0.2) is 0 Å². The van der Waals surface area contributed by atoms with Crippen LogP contribution in [0.2, 0.25) is 10.0 Å². The lowest BCUT2D eigenvalue weighted by Gasteiger charge is -2.19. The van der Waals surface area contributed by atoms with E-state index in [-0.39, 0.29) is 18.1 Å². The van der Waals surface area contributed by atoms with E-state index in [1.807, 2.05) is 20.8 Å². The van der Waals surface area contributed by atoms with Crippen LogP contribution in [0.5, 0.6) is 0 Å². The molecule has 0 heterocycles. The third-order valence-electron chi connectivity index (χ3n) is 1.86. The maximum Gasteiger partial charge on any atom is 0.250 e. The van der Waals surface area contributed by atoms with Crippen molar-refractivity contribution in [3.05, 3.63) is 28.2 Å². The summed E-state index contributed by atoms with van der Waals surface area (Å²) >= 11 is 11.8. The normalized spacial score (nSPS) is 11.4. The number of carbonyl (C=O) groups excluding carboxylic acids is 1. The Morgan fingerprint density at radius 2 is 1.82 bits per heavy atom. The van der Waals surface area contributed by atoms with Crippen LogP contribution < -0.4 is 5.32 Å². The van der Waals surface area contributed by atoms with Crippen molar-refractivity contribution in [3.63, 3.8) is 0 Å². The number of rotatable bonds is 3. The van der Waals surface area contributed by atoms with Crippen molar-refractivity contribution in [1.82, 2.24) is 0 Å². The van der Waals surface area contributed by atoms with E-state index < -0.39 is 0 Å². The molecule has 0 fully saturated rings. The number of amides is 1. The van der Waals surface area contributed by atoms with E-state index in [1.165, 1.54) is 0 Å². The molecule has 0 atom stereocenters. The second kappa shape index (κ2) is 5.71. The summed E-state index contributed by atoms with van der Waals surface area (Å²) in [5.74, 6) is -0.282. The van der Waals surface area contributed by atoms with Crippen molar-refractivity contribution in [2.24, 2.45) is 0 Å². The smallest absolute Gasteiger partial charge is 0.250 e. The van der Waals surface area contributed by atoms with Gasteiger partial charge in [-0.05, 0) is 32.9 Å². The van der Waals surface area contributed by atoms with Gasteiger partial charge in [-0.3, -0.25) is 4.79 Å². The number of anilines is 1. The van der Waals surface area contributed by atoms with Gasteiger partial charge in [0.1, 0.15) is 6.61 Å². The minimum Gasteiger partial charge on any atom is -0.366 e. The number of benzene rings is 1. The summed E-state index contributed by atoms with van der Waals surface area (Å²) in [7, 11) is 0. The fourth-order valence-corrected chi connectivity index (χ4v) is 1.57. The van der Waals surface area contributed by atoms with Crippen LogP contribution in [0.4, 0.5) is 5.69 Å². The van der Waals surface area contributed by atoms with Crippen LogP contribution in [0, 0.1) is 0 Å². The number of para-hydroxylation sites is 1. The molecule has 94 valence electrons. The maximum atomic E-state index is 11.6. The fourth-order valence-electron chi connectivity index (χ4n) is 1.07. The number of hydrogen-bond donors (Lipinski definition) is 1. The second-order valence-electron chi connectivity index (χ2n) is 4.55. The van der Waals surface area contributed by atoms with Crippen molar-refractivity contribution in [1.29, 1.82) is 0 Å². The maximum absolute atomic E-state index is 11.6. The van der Waals surface area contributed by atoms with Crippen molar-refractivity contribution in [2.45, 2.75) is 26.4 Å². The van der Waals surface area contributed by atoms with Gasteiger partial charge in [0.05, 0.1) is 21.3 Å². The Morgan fingerprint density at radius 3 is 2.29 bits per heavy atom. The second-order valence-corrected chi connectivity index (χ2v) is 5.36. The molecule has 0 aliphatic carbocycles. The predicted octanol–water partition coefficient (Wildman–Crippen LogP) is 3.75. The van der Waals surface area contributed by atoms with Gasteiger partial charge in [-0.2, -0.15) is 0 Å². The first-order valence-electron chi connectivity index (χ1n) is 5.17. The van der Waals surface area contributed by atoms with Crippen LogP contribution in [0.25, 0.3) is 0 Å². The molecule has 1 N–H and O–H groups in total. The molecule has 1 rings (SSSR count). The highest BCUT2D eigenvalue weighted by Gasteiger charge is 2.14. The van der Waals surface area contributed by atoms with E-state index in [0.29, 0.717) is 15.7 Å². The molecular formula is C12H15Cl2NO2.